The second kappa shape index (κ2) is 2.77. The van der Waals surface area contributed by atoms with Gasteiger partial charge in [0.1, 0.15) is 0 Å². The molecule has 0 aliphatic carbocycles. The van der Waals surface area contributed by atoms with Crippen molar-refractivity contribution in [2.45, 2.75) is 6.92 Å². The Balaban J connectivity index is 2.33. The van der Waals surface area contributed by atoms with Crippen molar-refractivity contribution in [3.63, 3.8) is 0 Å². The molecule has 0 radical (unpaired) electrons. The van der Waals surface area contributed by atoms with Crippen LogP contribution in [0.5, 0.6) is 0 Å². The van der Waals surface area contributed by atoms with Gasteiger partial charge in [0.15, 0.2) is 5.78 Å². The predicted octanol–water partition coefficient (Wildman–Crippen LogP) is -0.399. The highest BCUT2D eigenvalue weighted by molar-refractivity contribution is 5.92. The molecule has 0 aromatic heterocycles. The van der Waals surface area contributed by atoms with Crippen LogP contribution in [0.4, 0.5) is 0 Å². The summed E-state index contributed by atoms with van der Waals surface area (Å²) in [5.74, 6) is 0.0972. The van der Waals surface area contributed by atoms with Crippen molar-refractivity contribution in [2.75, 3.05) is 33.0 Å². The standard InChI is InChI=1S/C9H14O4/c1-8-3-12-5-9(2-10,7(8)11)6-13-4-8/h10H,2-6H2,1H3. The normalized spacial score (nSPS) is 44.9. The van der Waals surface area contributed by atoms with E-state index in [0.717, 1.165) is 0 Å². The van der Waals surface area contributed by atoms with Crippen LogP contribution in [-0.4, -0.2) is 43.9 Å². The van der Waals surface area contributed by atoms with Gasteiger partial charge in [0.2, 0.25) is 0 Å². The molecule has 2 fully saturated rings. The van der Waals surface area contributed by atoms with Crippen molar-refractivity contribution in [2.24, 2.45) is 10.8 Å². The molecule has 2 bridgehead atoms. The first-order valence-corrected chi connectivity index (χ1v) is 4.44. The molecular formula is C9H14O4. The first-order valence-electron chi connectivity index (χ1n) is 4.44. The van der Waals surface area contributed by atoms with Crippen molar-refractivity contribution in [3.05, 3.63) is 0 Å². The maximum atomic E-state index is 12.0. The molecular weight excluding hydrogens is 172 g/mol. The number of ether oxygens (including phenoxy) is 2. The summed E-state index contributed by atoms with van der Waals surface area (Å²) >= 11 is 0. The molecule has 2 rings (SSSR count). The summed E-state index contributed by atoms with van der Waals surface area (Å²) in [5, 5.41) is 9.20. The molecule has 4 nitrogen and oxygen atoms in total. The second-order valence-electron chi connectivity index (χ2n) is 4.31. The van der Waals surface area contributed by atoms with E-state index in [1.165, 1.54) is 0 Å². The summed E-state index contributed by atoms with van der Waals surface area (Å²) in [7, 11) is 0. The third kappa shape index (κ3) is 1.13. The Hall–Kier alpha value is -0.450. The lowest BCUT2D eigenvalue weighted by Crippen LogP contribution is -2.61. The maximum Gasteiger partial charge on any atom is 0.156 e. The second-order valence-corrected chi connectivity index (χ2v) is 4.31. The Bertz CT molecular complexity index is 226. The third-order valence-corrected chi connectivity index (χ3v) is 2.93. The molecule has 0 spiro atoms. The molecule has 2 heterocycles. The van der Waals surface area contributed by atoms with Crippen LogP contribution < -0.4 is 0 Å². The molecule has 2 aliphatic rings. The lowest BCUT2D eigenvalue weighted by molar-refractivity contribution is -0.196. The van der Waals surface area contributed by atoms with Crippen LogP contribution in [0.2, 0.25) is 0 Å². The Morgan fingerprint density at radius 2 is 1.85 bits per heavy atom. The van der Waals surface area contributed by atoms with Gasteiger partial charge >= 0.3 is 0 Å². The number of fused-ring (bicyclic) bond motifs is 2. The number of Topliss-reactive ketones (excluding diaryl/α,β-unsaturated/α-hetero) is 1. The molecule has 4 heteroatoms. The van der Waals surface area contributed by atoms with Crippen LogP contribution in [0.3, 0.4) is 0 Å². The predicted molar refractivity (Wildman–Crippen MR) is 44.3 cm³/mol. The Labute approximate surface area is 76.8 Å². The summed E-state index contributed by atoms with van der Waals surface area (Å²) in [6.07, 6.45) is 0. The lowest BCUT2D eigenvalue weighted by atomic mass is 9.68. The summed E-state index contributed by atoms with van der Waals surface area (Å²) in [4.78, 5) is 12.0. The Kier molecular flexibility index (Phi) is 1.94. The van der Waals surface area contributed by atoms with E-state index in [0.29, 0.717) is 13.2 Å². The molecule has 0 atom stereocenters. The fourth-order valence-electron chi connectivity index (χ4n) is 2.09. The smallest absolute Gasteiger partial charge is 0.156 e. The Morgan fingerprint density at radius 1 is 1.31 bits per heavy atom. The van der Waals surface area contributed by atoms with E-state index in [1.807, 2.05) is 6.92 Å². The van der Waals surface area contributed by atoms with Gasteiger partial charge in [-0.05, 0) is 6.92 Å². The van der Waals surface area contributed by atoms with Crippen molar-refractivity contribution in [1.82, 2.24) is 0 Å². The van der Waals surface area contributed by atoms with Crippen molar-refractivity contribution in [1.29, 1.82) is 0 Å². The zero-order valence-electron chi connectivity index (χ0n) is 7.71. The molecule has 1 N–H and O–H groups in total. The van der Waals surface area contributed by atoms with E-state index in [2.05, 4.69) is 0 Å². The number of hydrogen-bond acceptors (Lipinski definition) is 4. The average Bonchev–Trinajstić information content (AvgIpc) is 2.09. The summed E-state index contributed by atoms with van der Waals surface area (Å²) < 4.78 is 10.7. The monoisotopic (exact) mass is 186 g/mol. The molecule has 0 amide bonds. The zero-order valence-corrected chi connectivity index (χ0v) is 7.71. The molecule has 0 aromatic carbocycles. The van der Waals surface area contributed by atoms with E-state index in [4.69, 9.17) is 9.47 Å². The summed E-state index contributed by atoms with van der Waals surface area (Å²) in [5.41, 5.74) is -1.33. The van der Waals surface area contributed by atoms with Gasteiger partial charge in [0.25, 0.3) is 0 Å². The summed E-state index contributed by atoms with van der Waals surface area (Å²) in [6.45, 7) is 3.05. The quantitative estimate of drug-likeness (QED) is 0.605. The van der Waals surface area contributed by atoms with Gasteiger partial charge < -0.3 is 14.6 Å². The Morgan fingerprint density at radius 3 is 2.23 bits per heavy atom. The molecule has 13 heavy (non-hydrogen) atoms. The maximum absolute atomic E-state index is 12.0. The van der Waals surface area contributed by atoms with Crippen molar-refractivity contribution >= 4 is 5.78 Å². The van der Waals surface area contributed by atoms with Crippen LogP contribution in [-0.2, 0) is 14.3 Å². The zero-order chi connectivity index (χ0) is 9.53. The van der Waals surface area contributed by atoms with Crippen LogP contribution in [0.1, 0.15) is 6.92 Å². The van der Waals surface area contributed by atoms with Gasteiger partial charge in [-0.2, -0.15) is 0 Å². The van der Waals surface area contributed by atoms with Gasteiger partial charge in [-0.3, -0.25) is 4.79 Å². The minimum absolute atomic E-state index is 0.0972. The van der Waals surface area contributed by atoms with Crippen molar-refractivity contribution < 1.29 is 19.4 Å². The molecule has 0 aromatic rings. The fourth-order valence-corrected chi connectivity index (χ4v) is 2.09. The minimum atomic E-state index is -0.786. The topological polar surface area (TPSA) is 55.8 Å². The fraction of sp³-hybridized carbons (Fsp3) is 0.889. The third-order valence-electron chi connectivity index (χ3n) is 2.93. The van der Waals surface area contributed by atoms with Gasteiger partial charge in [-0.25, -0.2) is 0 Å². The van der Waals surface area contributed by atoms with E-state index in [-0.39, 0.29) is 25.6 Å². The number of rotatable bonds is 1. The van der Waals surface area contributed by atoms with Gasteiger partial charge in [-0.1, -0.05) is 0 Å². The van der Waals surface area contributed by atoms with Crippen LogP contribution in [0, 0.1) is 10.8 Å². The molecule has 2 aliphatic heterocycles. The number of aliphatic hydroxyl groups is 1. The largest absolute Gasteiger partial charge is 0.395 e. The van der Waals surface area contributed by atoms with E-state index in [1.54, 1.807) is 0 Å². The van der Waals surface area contributed by atoms with Gasteiger partial charge in [0, 0.05) is 0 Å². The van der Waals surface area contributed by atoms with Gasteiger partial charge in [0.05, 0.1) is 43.9 Å². The number of ketones is 1. The molecule has 0 unspecified atom stereocenters. The first kappa shape index (κ1) is 9.12. The number of hydrogen-bond donors (Lipinski definition) is 1. The van der Waals surface area contributed by atoms with Crippen LogP contribution in [0.15, 0.2) is 0 Å². The summed E-state index contributed by atoms with van der Waals surface area (Å²) in [6, 6.07) is 0. The highest BCUT2D eigenvalue weighted by atomic mass is 16.5. The molecule has 2 saturated heterocycles. The highest BCUT2D eigenvalue weighted by Gasteiger charge is 2.55. The number of carbonyl (C=O) groups is 1. The minimum Gasteiger partial charge on any atom is -0.395 e. The highest BCUT2D eigenvalue weighted by Crippen LogP contribution is 2.39. The van der Waals surface area contributed by atoms with E-state index in [9.17, 15) is 9.90 Å². The van der Waals surface area contributed by atoms with E-state index >= 15 is 0 Å². The number of carbonyl (C=O) groups excluding carboxylic acids is 1. The number of aliphatic hydroxyl groups excluding tert-OH is 1. The first-order chi connectivity index (χ1) is 6.13. The van der Waals surface area contributed by atoms with Gasteiger partial charge in [-0.15, -0.1) is 0 Å². The van der Waals surface area contributed by atoms with E-state index < -0.39 is 10.8 Å². The van der Waals surface area contributed by atoms with Crippen LogP contribution in [0.25, 0.3) is 0 Å². The SMILES string of the molecule is CC12COCC(CO)(COC1)C2=O. The van der Waals surface area contributed by atoms with Crippen LogP contribution >= 0.6 is 0 Å². The molecule has 0 saturated carbocycles. The molecule has 74 valence electrons. The van der Waals surface area contributed by atoms with Crippen molar-refractivity contribution in [3.8, 4) is 0 Å². The average molecular weight is 186 g/mol. The lowest BCUT2D eigenvalue weighted by Gasteiger charge is -2.47.